The molecule has 1 amide bonds. The first-order chi connectivity index (χ1) is 16.3. The molecule has 34 heavy (non-hydrogen) atoms. The Bertz CT molecular complexity index is 1150. The van der Waals surface area contributed by atoms with Crippen LogP contribution in [0, 0.1) is 13.8 Å². The minimum Gasteiger partial charge on any atom is -0.486 e. The second kappa shape index (κ2) is 9.20. The van der Waals surface area contributed by atoms with E-state index in [2.05, 4.69) is 5.16 Å². The molecule has 1 atom stereocenters. The number of carbonyl (C=O) groups excluding carboxylic acids is 1. The summed E-state index contributed by atoms with van der Waals surface area (Å²) in [7, 11) is -3.67. The number of hydrogen-bond donors (Lipinski definition) is 0. The third kappa shape index (κ3) is 4.27. The van der Waals surface area contributed by atoms with Gasteiger partial charge in [0, 0.05) is 32.7 Å². The van der Waals surface area contributed by atoms with Gasteiger partial charge in [-0.1, -0.05) is 11.2 Å². The molecule has 4 heterocycles. The van der Waals surface area contributed by atoms with Crippen molar-refractivity contribution >= 4 is 15.9 Å². The fraction of sp³-hybridized carbons (Fsp3) is 0.565. The first kappa shape index (κ1) is 23.1. The van der Waals surface area contributed by atoms with Gasteiger partial charge in [0.2, 0.25) is 15.9 Å². The molecule has 184 valence electrons. The van der Waals surface area contributed by atoms with Gasteiger partial charge >= 0.3 is 0 Å². The lowest BCUT2D eigenvalue weighted by atomic mass is 10.0. The Morgan fingerprint density at radius 3 is 2.50 bits per heavy atom. The van der Waals surface area contributed by atoms with Crippen LogP contribution in [0.25, 0.3) is 0 Å². The maximum atomic E-state index is 13.2. The van der Waals surface area contributed by atoms with Gasteiger partial charge in [-0.25, -0.2) is 8.42 Å². The van der Waals surface area contributed by atoms with Crippen LogP contribution in [0.1, 0.15) is 35.9 Å². The Morgan fingerprint density at radius 2 is 1.79 bits per heavy atom. The van der Waals surface area contributed by atoms with Crippen molar-refractivity contribution in [3.8, 4) is 11.5 Å². The van der Waals surface area contributed by atoms with Crippen LogP contribution in [0.5, 0.6) is 11.5 Å². The van der Waals surface area contributed by atoms with E-state index in [1.165, 1.54) is 4.31 Å². The lowest BCUT2D eigenvalue weighted by Crippen LogP contribution is -2.51. The van der Waals surface area contributed by atoms with Gasteiger partial charge in [-0.3, -0.25) is 9.69 Å². The van der Waals surface area contributed by atoms with Crippen molar-refractivity contribution in [2.45, 2.75) is 37.6 Å². The van der Waals surface area contributed by atoms with Crippen molar-refractivity contribution in [1.82, 2.24) is 19.3 Å². The summed E-state index contributed by atoms with van der Waals surface area (Å²) in [4.78, 5) is 17.3. The number of fused-ring (bicyclic) bond motifs is 1. The van der Waals surface area contributed by atoms with E-state index in [-0.39, 0.29) is 23.4 Å². The molecule has 0 radical (unpaired) electrons. The first-order valence-corrected chi connectivity index (χ1v) is 13.1. The Kier molecular flexibility index (Phi) is 6.26. The monoisotopic (exact) mass is 490 g/mol. The molecule has 10 nitrogen and oxygen atoms in total. The Balaban J connectivity index is 1.21. The average molecular weight is 491 g/mol. The van der Waals surface area contributed by atoms with Gasteiger partial charge in [0.1, 0.15) is 23.8 Å². The lowest BCUT2D eigenvalue weighted by Gasteiger charge is -2.35. The second-order valence-electron chi connectivity index (χ2n) is 8.98. The lowest BCUT2D eigenvalue weighted by molar-refractivity contribution is -0.133. The molecular formula is C23H30N4O6S. The van der Waals surface area contributed by atoms with E-state index in [1.807, 2.05) is 28.0 Å². The topological polar surface area (TPSA) is 105 Å². The number of rotatable bonds is 5. The molecule has 2 saturated heterocycles. The number of amides is 1. The molecule has 2 aromatic rings. The number of aryl methyl sites for hydroxylation is 2. The van der Waals surface area contributed by atoms with Gasteiger partial charge in [-0.2, -0.15) is 4.31 Å². The van der Waals surface area contributed by atoms with Gasteiger partial charge < -0.3 is 18.9 Å². The fourth-order valence-electron chi connectivity index (χ4n) is 5.06. The summed E-state index contributed by atoms with van der Waals surface area (Å²) in [6.45, 7) is 6.96. The Hall–Kier alpha value is -2.63. The van der Waals surface area contributed by atoms with E-state index in [9.17, 15) is 13.2 Å². The molecule has 3 aliphatic heterocycles. The van der Waals surface area contributed by atoms with Crippen LogP contribution in [-0.2, 0) is 14.8 Å². The van der Waals surface area contributed by atoms with Gasteiger partial charge in [0.25, 0.3) is 0 Å². The molecule has 0 N–H and O–H groups in total. The third-order valence-electron chi connectivity index (χ3n) is 6.78. The molecule has 11 heteroatoms. The van der Waals surface area contributed by atoms with E-state index in [4.69, 9.17) is 14.0 Å². The molecule has 1 aromatic carbocycles. The fourth-order valence-corrected chi connectivity index (χ4v) is 6.77. The first-order valence-electron chi connectivity index (χ1n) is 11.7. The predicted octanol–water partition coefficient (Wildman–Crippen LogP) is 1.73. The molecule has 2 fully saturated rings. The van der Waals surface area contributed by atoms with E-state index >= 15 is 0 Å². The van der Waals surface area contributed by atoms with Gasteiger partial charge in [-0.05, 0) is 44.4 Å². The molecule has 0 aliphatic carbocycles. The zero-order valence-electron chi connectivity index (χ0n) is 19.5. The van der Waals surface area contributed by atoms with Crippen molar-refractivity contribution in [3.63, 3.8) is 0 Å². The summed E-state index contributed by atoms with van der Waals surface area (Å²) in [6.07, 6.45) is 1.86. The number of likely N-dealkylation sites (tertiary alicyclic amines) is 1. The van der Waals surface area contributed by atoms with E-state index in [0.29, 0.717) is 50.8 Å². The summed E-state index contributed by atoms with van der Waals surface area (Å²) < 4.78 is 43.9. The van der Waals surface area contributed by atoms with Gasteiger partial charge in [0.05, 0.1) is 12.6 Å². The molecule has 1 aromatic heterocycles. The maximum Gasteiger partial charge on any atom is 0.248 e. The quantitative estimate of drug-likeness (QED) is 0.624. The normalized spacial score (nSPS) is 21.7. The summed E-state index contributed by atoms with van der Waals surface area (Å²) in [5, 5.41) is 3.78. The summed E-state index contributed by atoms with van der Waals surface area (Å²) >= 11 is 0. The van der Waals surface area contributed by atoms with Crippen molar-refractivity contribution in [3.05, 3.63) is 35.2 Å². The average Bonchev–Trinajstić information content (AvgIpc) is 3.46. The van der Waals surface area contributed by atoms with Crippen LogP contribution in [0.2, 0.25) is 0 Å². The molecule has 3 aliphatic rings. The number of hydrogen-bond acceptors (Lipinski definition) is 8. The highest BCUT2D eigenvalue weighted by atomic mass is 32.2. The number of aromatic nitrogens is 1. The molecule has 1 unspecified atom stereocenters. The molecule has 5 rings (SSSR count). The number of sulfonamides is 1. The number of piperazine rings is 1. The number of carbonyl (C=O) groups is 1. The Labute approximate surface area is 199 Å². The van der Waals surface area contributed by atoms with Crippen LogP contribution in [0.15, 0.2) is 27.6 Å². The highest BCUT2D eigenvalue weighted by Crippen LogP contribution is 2.38. The van der Waals surface area contributed by atoms with Gasteiger partial charge in [0.15, 0.2) is 17.3 Å². The summed E-state index contributed by atoms with van der Waals surface area (Å²) in [5.74, 6) is 1.85. The molecule has 0 saturated carbocycles. The van der Waals surface area contributed by atoms with Crippen LogP contribution < -0.4 is 9.47 Å². The van der Waals surface area contributed by atoms with Crippen LogP contribution >= 0.6 is 0 Å². The largest absolute Gasteiger partial charge is 0.486 e. The summed E-state index contributed by atoms with van der Waals surface area (Å²) in [6, 6.07) is 5.94. The van der Waals surface area contributed by atoms with Crippen LogP contribution in [0.4, 0.5) is 0 Å². The number of ether oxygens (including phenoxy) is 2. The third-order valence-corrected chi connectivity index (χ3v) is 8.92. The maximum absolute atomic E-state index is 13.2. The van der Waals surface area contributed by atoms with E-state index in [0.717, 1.165) is 36.4 Å². The minimum atomic E-state index is -3.67. The smallest absolute Gasteiger partial charge is 0.248 e. The highest BCUT2D eigenvalue weighted by molar-refractivity contribution is 7.89. The van der Waals surface area contributed by atoms with Crippen molar-refractivity contribution in [2.24, 2.45) is 0 Å². The van der Waals surface area contributed by atoms with Crippen LogP contribution in [-0.4, -0.2) is 86.1 Å². The molecule has 0 spiro atoms. The zero-order valence-corrected chi connectivity index (χ0v) is 20.3. The van der Waals surface area contributed by atoms with E-state index in [1.54, 1.807) is 13.8 Å². The predicted molar refractivity (Wildman–Crippen MR) is 122 cm³/mol. The molecule has 0 bridgehead atoms. The van der Waals surface area contributed by atoms with Crippen LogP contribution in [0.3, 0.4) is 0 Å². The minimum absolute atomic E-state index is 0.0181. The SMILES string of the molecule is Cc1noc(C)c1S(=O)(=O)N1CCN(CC(=O)N2CCCC2c2ccc3c(c2)OCCO3)CC1. The van der Waals surface area contributed by atoms with E-state index < -0.39 is 10.0 Å². The number of nitrogens with zero attached hydrogens (tertiary/aromatic N) is 4. The highest BCUT2D eigenvalue weighted by Gasteiger charge is 2.35. The zero-order chi connectivity index (χ0) is 23.9. The Morgan fingerprint density at radius 1 is 1.06 bits per heavy atom. The van der Waals surface area contributed by atoms with Gasteiger partial charge in [-0.15, -0.1) is 0 Å². The molecular weight excluding hydrogens is 460 g/mol. The standard InChI is InChI=1S/C23H30N4O6S/c1-16-23(17(2)33-24-16)34(29,30)26-10-8-25(9-11-26)15-22(28)27-7-3-4-19(27)18-5-6-20-21(14-18)32-13-12-31-20/h5-6,14,19H,3-4,7-13,15H2,1-2H3. The van der Waals surface area contributed by atoms with Crippen molar-refractivity contribution in [1.29, 1.82) is 0 Å². The van der Waals surface area contributed by atoms with Crippen molar-refractivity contribution in [2.75, 3.05) is 52.5 Å². The number of benzene rings is 1. The van der Waals surface area contributed by atoms with Crippen molar-refractivity contribution < 1.29 is 27.2 Å². The summed E-state index contributed by atoms with van der Waals surface area (Å²) in [5.41, 5.74) is 1.43. The second-order valence-corrected chi connectivity index (χ2v) is 10.9.